The highest BCUT2D eigenvalue weighted by Gasteiger charge is 2.17. The Morgan fingerprint density at radius 2 is 2.29 bits per heavy atom. The Balaban J connectivity index is 1.91. The number of rotatable bonds is 7. The van der Waals surface area contributed by atoms with Crippen LogP contribution in [0.4, 0.5) is 5.69 Å². The van der Waals surface area contributed by atoms with Crippen LogP contribution in [0.5, 0.6) is 0 Å². The van der Waals surface area contributed by atoms with Crippen molar-refractivity contribution in [2.75, 3.05) is 11.9 Å². The third-order valence-electron chi connectivity index (χ3n) is 3.60. The molecule has 0 amide bonds. The van der Waals surface area contributed by atoms with Crippen molar-refractivity contribution < 1.29 is 5.11 Å². The molecule has 128 valence electrons. The number of aromatic nitrogens is 1. The highest BCUT2D eigenvalue weighted by atomic mass is 79.9. The fourth-order valence-corrected chi connectivity index (χ4v) is 5.29. The zero-order valence-corrected chi connectivity index (χ0v) is 16.7. The molecule has 3 rings (SSSR count). The van der Waals surface area contributed by atoms with Gasteiger partial charge in [0.15, 0.2) is 0 Å². The van der Waals surface area contributed by atoms with E-state index in [1.165, 1.54) is 4.88 Å². The average molecular weight is 447 g/mol. The summed E-state index contributed by atoms with van der Waals surface area (Å²) in [6.07, 6.45) is 1.28. The SMILES string of the molecule is N[C@@H](CCO)Cc1sc2c(NCc3cccs3)cc(Cl)nc2c1Br. The van der Waals surface area contributed by atoms with Crippen molar-refractivity contribution >= 4 is 66.1 Å². The Kier molecular flexibility index (Phi) is 6.12. The number of nitrogens with one attached hydrogen (secondary N) is 1. The molecule has 0 spiro atoms. The molecule has 24 heavy (non-hydrogen) atoms. The van der Waals surface area contributed by atoms with Gasteiger partial charge in [0.2, 0.25) is 0 Å². The monoisotopic (exact) mass is 445 g/mol. The normalized spacial score (nSPS) is 12.7. The van der Waals surface area contributed by atoms with E-state index >= 15 is 0 Å². The van der Waals surface area contributed by atoms with Gasteiger partial charge in [0.1, 0.15) is 5.15 Å². The van der Waals surface area contributed by atoms with Gasteiger partial charge in [-0.3, -0.25) is 0 Å². The summed E-state index contributed by atoms with van der Waals surface area (Å²) >= 11 is 13.2. The van der Waals surface area contributed by atoms with Gasteiger partial charge in [0.25, 0.3) is 0 Å². The van der Waals surface area contributed by atoms with Crippen LogP contribution in [0.1, 0.15) is 16.2 Å². The largest absolute Gasteiger partial charge is 0.396 e. The fourth-order valence-electron chi connectivity index (χ4n) is 2.42. The van der Waals surface area contributed by atoms with E-state index in [4.69, 9.17) is 22.4 Å². The van der Waals surface area contributed by atoms with Crippen LogP contribution in [-0.2, 0) is 13.0 Å². The van der Waals surface area contributed by atoms with Gasteiger partial charge in [-0.1, -0.05) is 17.7 Å². The van der Waals surface area contributed by atoms with Gasteiger partial charge in [-0.15, -0.1) is 22.7 Å². The van der Waals surface area contributed by atoms with Crippen LogP contribution in [0.25, 0.3) is 10.2 Å². The van der Waals surface area contributed by atoms with E-state index < -0.39 is 0 Å². The molecule has 3 heterocycles. The second-order valence-corrected chi connectivity index (χ2v) is 8.74. The lowest BCUT2D eigenvalue weighted by molar-refractivity contribution is 0.275. The Hall–Kier alpha value is -0.700. The van der Waals surface area contributed by atoms with E-state index in [9.17, 15) is 0 Å². The van der Waals surface area contributed by atoms with Crippen molar-refractivity contribution in [3.05, 3.63) is 43.0 Å². The minimum absolute atomic E-state index is 0.0719. The van der Waals surface area contributed by atoms with Gasteiger partial charge in [0.05, 0.1) is 20.4 Å². The molecule has 1 atom stereocenters. The van der Waals surface area contributed by atoms with E-state index in [2.05, 4.69) is 37.7 Å². The minimum atomic E-state index is -0.0719. The number of nitrogens with two attached hydrogens (primary N) is 1. The third kappa shape index (κ3) is 4.09. The number of aliphatic hydroxyl groups is 1. The summed E-state index contributed by atoms with van der Waals surface area (Å²) in [6.45, 7) is 0.851. The first kappa shape index (κ1) is 18.1. The number of hydrogen-bond donors (Lipinski definition) is 3. The number of hydrogen-bond acceptors (Lipinski definition) is 6. The van der Waals surface area contributed by atoms with Crippen LogP contribution in [0.2, 0.25) is 5.15 Å². The maximum Gasteiger partial charge on any atom is 0.131 e. The van der Waals surface area contributed by atoms with Crippen molar-refractivity contribution in [2.24, 2.45) is 5.73 Å². The average Bonchev–Trinajstić information content (AvgIpc) is 3.15. The van der Waals surface area contributed by atoms with Gasteiger partial charge < -0.3 is 16.2 Å². The molecule has 0 radical (unpaired) electrons. The van der Waals surface area contributed by atoms with Crippen LogP contribution < -0.4 is 11.1 Å². The molecular weight excluding hydrogens is 430 g/mol. The van der Waals surface area contributed by atoms with E-state index in [0.717, 1.165) is 31.8 Å². The first-order valence-corrected chi connectivity index (χ1v) is 10.3. The molecule has 0 aliphatic heterocycles. The Bertz CT molecular complexity index is 822. The number of aliphatic hydroxyl groups excluding tert-OH is 1. The van der Waals surface area contributed by atoms with Crippen LogP contribution in [0, 0.1) is 0 Å². The number of fused-ring (bicyclic) bond motifs is 1. The van der Waals surface area contributed by atoms with E-state index in [-0.39, 0.29) is 12.6 Å². The molecule has 0 saturated carbocycles. The molecule has 0 aliphatic rings. The predicted octanol–water partition coefficient (Wildman–Crippen LogP) is 4.64. The second kappa shape index (κ2) is 8.12. The van der Waals surface area contributed by atoms with Gasteiger partial charge in [0, 0.05) is 35.0 Å². The predicted molar refractivity (Wildman–Crippen MR) is 107 cm³/mol. The Labute approximate surface area is 161 Å². The van der Waals surface area contributed by atoms with Crippen LogP contribution in [0.15, 0.2) is 28.1 Å². The Morgan fingerprint density at radius 3 is 3.00 bits per heavy atom. The first-order chi connectivity index (χ1) is 11.6. The summed E-state index contributed by atoms with van der Waals surface area (Å²) in [5.74, 6) is 0. The minimum Gasteiger partial charge on any atom is -0.396 e. The number of halogens is 2. The molecule has 3 aromatic heterocycles. The lowest BCUT2D eigenvalue weighted by Crippen LogP contribution is -2.23. The molecule has 0 unspecified atom stereocenters. The molecule has 4 nitrogen and oxygen atoms in total. The number of anilines is 1. The highest BCUT2D eigenvalue weighted by Crippen LogP contribution is 2.40. The highest BCUT2D eigenvalue weighted by molar-refractivity contribution is 9.10. The van der Waals surface area contributed by atoms with Crippen molar-refractivity contribution in [3.63, 3.8) is 0 Å². The van der Waals surface area contributed by atoms with Crippen molar-refractivity contribution in [3.8, 4) is 0 Å². The van der Waals surface area contributed by atoms with Crippen molar-refractivity contribution in [2.45, 2.75) is 25.4 Å². The van der Waals surface area contributed by atoms with Gasteiger partial charge in [-0.05, 0) is 40.2 Å². The lowest BCUT2D eigenvalue weighted by atomic mass is 10.1. The molecule has 3 aromatic rings. The molecule has 0 aromatic carbocycles. The van der Waals surface area contributed by atoms with Gasteiger partial charge in [-0.2, -0.15) is 0 Å². The number of nitrogens with zero attached hydrogens (tertiary/aromatic N) is 1. The molecule has 0 saturated heterocycles. The van der Waals surface area contributed by atoms with Crippen molar-refractivity contribution in [1.82, 2.24) is 4.98 Å². The maximum atomic E-state index is 9.04. The molecule has 0 aliphatic carbocycles. The molecule has 8 heteroatoms. The topological polar surface area (TPSA) is 71.2 Å². The summed E-state index contributed by atoms with van der Waals surface area (Å²) in [7, 11) is 0. The molecule has 4 N–H and O–H groups in total. The zero-order chi connectivity index (χ0) is 17.1. The summed E-state index contributed by atoms with van der Waals surface area (Å²) in [4.78, 5) is 6.84. The molecule has 0 bridgehead atoms. The van der Waals surface area contributed by atoms with E-state index in [1.807, 2.05) is 12.1 Å². The zero-order valence-electron chi connectivity index (χ0n) is 12.8. The summed E-state index contributed by atoms with van der Waals surface area (Å²) in [6, 6.07) is 5.93. The third-order valence-corrected chi connectivity index (χ3v) is 7.02. The van der Waals surface area contributed by atoms with Crippen LogP contribution in [-0.4, -0.2) is 22.7 Å². The van der Waals surface area contributed by atoms with E-state index in [1.54, 1.807) is 22.7 Å². The summed E-state index contributed by atoms with van der Waals surface area (Å²) < 4.78 is 2.01. The fraction of sp³-hybridized carbons (Fsp3) is 0.312. The van der Waals surface area contributed by atoms with Crippen LogP contribution >= 0.6 is 50.2 Å². The second-order valence-electron chi connectivity index (χ2n) is 5.42. The number of thiophene rings is 2. The standard InChI is InChI=1S/C16H17BrClN3OS2/c17-14-12(6-9(19)3-4-22)24-16-11(7-13(18)21-15(14)16)20-8-10-2-1-5-23-10/h1-2,5,7,9,22H,3-4,6,8,19H2,(H,20,21)/t9-/m0/s1. The van der Waals surface area contributed by atoms with Gasteiger partial charge >= 0.3 is 0 Å². The molecular formula is C16H17BrClN3OS2. The Morgan fingerprint density at radius 1 is 1.46 bits per heavy atom. The summed E-state index contributed by atoms with van der Waals surface area (Å²) in [5, 5.41) is 15.0. The van der Waals surface area contributed by atoms with E-state index in [0.29, 0.717) is 18.0 Å². The molecule has 0 fully saturated rings. The smallest absolute Gasteiger partial charge is 0.131 e. The maximum absolute atomic E-state index is 9.04. The van der Waals surface area contributed by atoms with Gasteiger partial charge in [-0.25, -0.2) is 4.98 Å². The lowest BCUT2D eigenvalue weighted by Gasteiger charge is -2.07. The summed E-state index contributed by atoms with van der Waals surface area (Å²) in [5.41, 5.74) is 7.89. The van der Waals surface area contributed by atoms with Crippen molar-refractivity contribution in [1.29, 1.82) is 0 Å². The number of pyridine rings is 1. The quantitative estimate of drug-likeness (QED) is 0.462. The first-order valence-electron chi connectivity index (χ1n) is 7.48. The van der Waals surface area contributed by atoms with Crippen LogP contribution in [0.3, 0.4) is 0 Å².